The molecule has 0 saturated heterocycles. The fourth-order valence-electron chi connectivity index (χ4n) is 1.56. The van der Waals surface area contributed by atoms with E-state index in [4.69, 9.17) is 5.73 Å². The second-order valence-electron chi connectivity index (χ2n) is 3.49. The molecule has 3 aromatic rings. The first-order chi connectivity index (χ1) is 8.38. The summed E-state index contributed by atoms with van der Waals surface area (Å²) in [6, 6.07) is 1.78. The number of nitrogens with zero attached hydrogens (tertiary/aromatic N) is 7. The largest absolute Gasteiger partial charge is 0.329 e. The smallest absolute Gasteiger partial charge is 0.191 e. The Bertz CT molecular complexity index is 639. The van der Waals surface area contributed by atoms with Crippen LogP contribution in [0.2, 0.25) is 0 Å². The molecular weight excluding hydrogens is 220 g/mol. The topological polar surface area (TPSA) is 99.8 Å². The van der Waals surface area contributed by atoms with Gasteiger partial charge in [0.2, 0.25) is 0 Å². The highest BCUT2D eigenvalue weighted by molar-refractivity contribution is 5.53. The molecule has 0 spiro atoms. The third kappa shape index (κ3) is 1.64. The monoisotopic (exact) mass is 230 g/mol. The van der Waals surface area contributed by atoms with Crippen molar-refractivity contribution in [3.05, 3.63) is 24.8 Å². The summed E-state index contributed by atoms with van der Waals surface area (Å²) in [5.41, 5.74) is 6.82. The lowest BCUT2D eigenvalue weighted by atomic mass is 10.4. The van der Waals surface area contributed by atoms with E-state index in [0.29, 0.717) is 24.6 Å². The van der Waals surface area contributed by atoms with Crippen molar-refractivity contribution < 1.29 is 0 Å². The van der Waals surface area contributed by atoms with Crippen LogP contribution in [0.25, 0.3) is 17.2 Å². The minimum Gasteiger partial charge on any atom is -0.329 e. The summed E-state index contributed by atoms with van der Waals surface area (Å²) in [6.07, 6.45) is 5.10. The number of hydrogen-bond donors (Lipinski definition) is 1. The second kappa shape index (κ2) is 3.91. The van der Waals surface area contributed by atoms with Crippen molar-refractivity contribution in [3.63, 3.8) is 0 Å². The summed E-state index contributed by atoms with van der Waals surface area (Å²) in [5, 5.41) is 16.1. The van der Waals surface area contributed by atoms with E-state index >= 15 is 0 Å². The van der Waals surface area contributed by atoms with E-state index in [9.17, 15) is 0 Å². The molecule has 0 saturated carbocycles. The van der Waals surface area contributed by atoms with Crippen molar-refractivity contribution in [1.29, 1.82) is 0 Å². The van der Waals surface area contributed by atoms with Gasteiger partial charge in [-0.1, -0.05) is 5.21 Å². The molecule has 0 radical (unpaired) electrons. The van der Waals surface area contributed by atoms with E-state index < -0.39 is 0 Å². The lowest BCUT2D eigenvalue weighted by Gasteiger charge is -1.94. The molecule has 0 aromatic carbocycles. The summed E-state index contributed by atoms with van der Waals surface area (Å²) in [7, 11) is 0. The highest BCUT2D eigenvalue weighted by Gasteiger charge is 2.11. The zero-order valence-electron chi connectivity index (χ0n) is 8.93. The first kappa shape index (κ1) is 9.85. The van der Waals surface area contributed by atoms with Crippen molar-refractivity contribution in [2.45, 2.75) is 6.54 Å². The van der Waals surface area contributed by atoms with Gasteiger partial charge in [0, 0.05) is 18.8 Å². The molecule has 3 heterocycles. The molecule has 0 aliphatic heterocycles. The lowest BCUT2D eigenvalue weighted by Crippen LogP contribution is -2.10. The molecule has 0 unspecified atom stereocenters. The second-order valence-corrected chi connectivity index (χ2v) is 3.49. The molecule has 0 amide bonds. The molecule has 2 N–H and O–H groups in total. The lowest BCUT2D eigenvalue weighted by molar-refractivity contribution is 0.598. The van der Waals surface area contributed by atoms with Gasteiger partial charge in [0.25, 0.3) is 0 Å². The maximum Gasteiger partial charge on any atom is 0.191 e. The first-order valence-corrected chi connectivity index (χ1v) is 5.14. The Morgan fingerprint density at radius 2 is 2.18 bits per heavy atom. The van der Waals surface area contributed by atoms with Gasteiger partial charge in [-0.15, -0.1) is 15.3 Å². The van der Waals surface area contributed by atoms with Crippen LogP contribution in [0.5, 0.6) is 0 Å². The Morgan fingerprint density at radius 1 is 1.24 bits per heavy atom. The number of fused-ring (bicyclic) bond motifs is 1. The Balaban J connectivity index is 2.07. The van der Waals surface area contributed by atoms with Crippen LogP contribution in [0, 0.1) is 0 Å². The fourth-order valence-corrected chi connectivity index (χ4v) is 1.56. The highest BCUT2D eigenvalue weighted by Crippen LogP contribution is 2.13. The predicted molar refractivity (Wildman–Crippen MR) is 58.9 cm³/mol. The Labute approximate surface area is 96.1 Å². The number of nitrogens with two attached hydrogens (primary N) is 1. The molecule has 86 valence electrons. The predicted octanol–water partition coefficient (Wildman–Crippen LogP) is -0.659. The number of rotatable bonds is 3. The molecule has 17 heavy (non-hydrogen) atoms. The average Bonchev–Trinajstić information content (AvgIpc) is 2.95. The van der Waals surface area contributed by atoms with Crippen LogP contribution in [0.15, 0.2) is 24.8 Å². The van der Waals surface area contributed by atoms with E-state index in [-0.39, 0.29) is 0 Å². The first-order valence-electron chi connectivity index (χ1n) is 5.14. The fraction of sp³-hybridized carbons (Fsp3) is 0.222. The van der Waals surface area contributed by atoms with Gasteiger partial charge < -0.3 is 5.73 Å². The summed E-state index contributed by atoms with van der Waals surface area (Å²) < 4.78 is 3.43. The zero-order valence-corrected chi connectivity index (χ0v) is 8.93. The average molecular weight is 230 g/mol. The van der Waals surface area contributed by atoms with Crippen LogP contribution < -0.4 is 5.73 Å². The molecule has 3 rings (SSSR count). The Hall–Kier alpha value is -2.35. The van der Waals surface area contributed by atoms with Crippen molar-refractivity contribution in [3.8, 4) is 11.5 Å². The standard InChI is InChI=1S/C9H10N8/c10-2-4-16-5-7(12-15-16)9-14-13-8-1-3-11-6-17(8)9/h1,3,5-6H,2,4,10H2. The van der Waals surface area contributed by atoms with Gasteiger partial charge in [0.1, 0.15) is 6.33 Å². The molecule has 8 heteroatoms. The SMILES string of the molecule is NCCn1cc(-c2nnc3ccncn23)nn1. The van der Waals surface area contributed by atoms with Crippen LogP contribution in [-0.2, 0) is 6.54 Å². The molecule has 0 bridgehead atoms. The molecule has 0 atom stereocenters. The molecule has 0 aliphatic rings. The van der Waals surface area contributed by atoms with Crippen LogP contribution in [0.3, 0.4) is 0 Å². The van der Waals surface area contributed by atoms with Gasteiger partial charge in [-0.3, -0.25) is 9.08 Å². The van der Waals surface area contributed by atoms with Gasteiger partial charge in [-0.25, -0.2) is 4.98 Å². The van der Waals surface area contributed by atoms with E-state index in [1.807, 2.05) is 0 Å². The minimum absolute atomic E-state index is 0.519. The normalized spacial score (nSPS) is 11.1. The number of aromatic nitrogens is 7. The zero-order chi connectivity index (χ0) is 11.7. The van der Waals surface area contributed by atoms with Gasteiger partial charge >= 0.3 is 0 Å². The molecule has 0 fully saturated rings. The van der Waals surface area contributed by atoms with Crippen molar-refractivity contribution in [2.24, 2.45) is 5.73 Å². The molecule has 0 aliphatic carbocycles. The van der Waals surface area contributed by atoms with Crippen LogP contribution >= 0.6 is 0 Å². The van der Waals surface area contributed by atoms with E-state index in [1.54, 1.807) is 33.9 Å². The van der Waals surface area contributed by atoms with E-state index in [1.165, 1.54) is 0 Å². The van der Waals surface area contributed by atoms with Crippen LogP contribution in [-0.4, -0.2) is 41.1 Å². The summed E-state index contributed by atoms with van der Waals surface area (Å²) >= 11 is 0. The van der Waals surface area contributed by atoms with E-state index in [2.05, 4.69) is 25.5 Å². The van der Waals surface area contributed by atoms with Gasteiger partial charge in [0.05, 0.1) is 12.7 Å². The highest BCUT2D eigenvalue weighted by atomic mass is 15.4. The summed E-state index contributed by atoms with van der Waals surface area (Å²) in [6.45, 7) is 1.15. The summed E-state index contributed by atoms with van der Waals surface area (Å²) in [4.78, 5) is 4.02. The van der Waals surface area contributed by atoms with Crippen molar-refractivity contribution in [1.82, 2.24) is 34.6 Å². The third-order valence-corrected chi connectivity index (χ3v) is 2.34. The van der Waals surface area contributed by atoms with Crippen LogP contribution in [0.4, 0.5) is 0 Å². The maximum absolute atomic E-state index is 5.45. The molecular formula is C9H10N8. The Kier molecular flexibility index (Phi) is 2.26. The third-order valence-electron chi connectivity index (χ3n) is 2.34. The van der Waals surface area contributed by atoms with Gasteiger partial charge in [0.15, 0.2) is 17.2 Å². The molecule has 8 nitrogen and oxygen atoms in total. The van der Waals surface area contributed by atoms with E-state index in [0.717, 1.165) is 5.65 Å². The van der Waals surface area contributed by atoms with Crippen molar-refractivity contribution >= 4 is 5.65 Å². The van der Waals surface area contributed by atoms with Crippen LogP contribution in [0.1, 0.15) is 0 Å². The Morgan fingerprint density at radius 3 is 3.06 bits per heavy atom. The van der Waals surface area contributed by atoms with Gasteiger partial charge in [-0.2, -0.15) is 0 Å². The maximum atomic E-state index is 5.45. The number of hydrogen-bond acceptors (Lipinski definition) is 6. The van der Waals surface area contributed by atoms with Crippen molar-refractivity contribution in [2.75, 3.05) is 6.54 Å². The summed E-state index contributed by atoms with van der Waals surface area (Å²) in [5.74, 6) is 0.622. The molecule has 3 aromatic heterocycles. The van der Waals surface area contributed by atoms with Gasteiger partial charge in [-0.05, 0) is 0 Å². The quantitative estimate of drug-likeness (QED) is 0.641. The minimum atomic E-state index is 0.519.